The number of hydrogen-bond acceptors (Lipinski definition) is 3. The van der Waals surface area contributed by atoms with Crippen LogP contribution in [0.4, 0.5) is 0 Å². The quantitative estimate of drug-likeness (QED) is 0.891. The number of hydrogen-bond donors (Lipinski definition) is 1. The first-order valence-electron chi connectivity index (χ1n) is 7.01. The number of amides is 1. The molecule has 19 heavy (non-hydrogen) atoms. The summed E-state index contributed by atoms with van der Waals surface area (Å²) in [6.45, 7) is 10.2. The van der Waals surface area contributed by atoms with Crippen LogP contribution in [0.3, 0.4) is 0 Å². The Balaban J connectivity index is 2.20. The average Bonchev–Trinajstić information content (AvgIpc) is 2.63. The summed E-state index contributed by atoms with van der Waals surface area (Å²) < 4.78 is 5.56. The Morgan fingerprint density at radius 3 is 2.58 bits per heavy atom. The molecule has 4 heteroatoms. The molecule has 1 saturated heterocycles. The van der Waals surface area contributed by atoms with Crippen molar-refractivity contribution < 1.29 is 9.21 Å². The number of carbonyl (C=O) groups excluding carboxylic acids is 1. The predicted octanol–water partition coefficient (Wildman–Crippen LogP) is 2.26. The first-order chi connectivity index (χ1) is 8.95. The van der Waals surface area contributed by atoms with E-state index in [9.17, 15) is 4.79 Å². The van der Waals surface area contributed by atoms with Gasteiger partial charge in [0, 0.05) is 18.7 Å². The average molecular weight is 264 g/mol. The summed E-state index contributed by atoms with van der Waals surface area (Å²) in [5.41, 5.74) is 7.50. The molecule has 1 fully saturated rings. The molecule has 0 saturated carbocycles. The Bertz CT molecular complexity index is 479. The Kier molecular flexibility index (Phi) is 3.99. The molecule has 106 valence electrons. The lowest BCUT2D eigenvalue weighted by Gasteiger charge is -2.36. The maximum absolute atomic E-state index is 12.6. The summed E-state index contributed by atoms with van der Waals surface area (Å²) >= 11 is 0. The zero-order valence-electron chi connectivity index (χ0n) is 12.3. The molecule has 1 aromatic heterocycles. The van der Waals surface area contributed by atoms with Gasteiger partial charge < -0.3 is 15.1 Å². The fourth-order valence-electron chi connectivity index (χ4n) is 2.91. The van der Waals surface area contributed by atoms with Gasteiger partial charge in [0.05, 0.1) is 5.56 Å². The number of carbonyl (C=O) groups is 1. The third-order valence-corrected chi connectivity index (χ3v) is 4.48. The highest BCUT2D eigenvalue weighted by Gasteiger charge is 2.30. The van der Waals surface area contributed by atoms with Crippen molar-refractivity contribution in [3.05, 3.63) is 22.6 Å². The summed E-state index contributed by atoms with van der Waals surface area (Å²) in [4.78, 5) is 14.6. The van der Waals surface area contributed by atoms with Crippen molar-refractivity contribution in [3.63, 3.8) is 0 Å². The Morgan fingerprint density at radius 2 is 2.05 bits per heavy atom. The summed E-state index contributed by atoms with van der Waals surface area (Å²) in [7, 11) is 0. The molecule has 2 atom stereocenters. The van der Waals surface area contributed by atoms with Crippen LogP contribution in [0.5, 0.6) is 0 Å². The molecule has 1 aromatic rings. The Labute approximate surface area is 114 Å². The highest BCUT2D eigenvalue weighted by atomic mass is 16.3. The highest BCUT2D eigenvalue weighted by Crippen LogP contribution is 2.27. The van der Waals surface area contributed by atoms with Crippen LogP contribution in [0, 0.1) is 32.6 Å². The molecule has 0 aromatic carbocycles. The van der Waals surface area contributed by atoms with E-state index in [4.69, 9.17) is 10.2 Å². The molecule has 1 aliphatic heterocycles. The lowest BCUT2D eigenvalue weighted by Crippen LogP contribution is -2.45. The summed E-state index contributed by atoms with van der Waals surface area (Å²) in [6, 6.07) is 0. The SMILES string of the molecule is Cc1oc(C)c(C(=O)N2CCC(C)C(CN)C2)c1C. The zero-order valence-corrected chi connectivity index (χ0v) is 12.3. The van der Waals surface area contributed by atoms with Crippen molar-refractivity contribution in [2.45, 2.75) is 34.1 Å². The molecular weight excluding hydrogens is 240 g/mol. The van der Waals surface area contributed by atoms with Crippen LogP contribution in [0.1, 0.15) is 40.8 Å². The van der Waals surface area contributed by atoms with E-state index in [0.717, 1.165) is 42.2 Å². The monoisotopic (exact) mass is 264 g/mol. The van der Waals surface area contributed by atoms with Crippen LogP contribution in [0.25, 0.3) is 0 Å². The topological polar surface area (TPSA) is 59.5 Å². The van der Waals surface area contributed by atoms with Crippen LogP contribution in [0.15, 0.2) is 4.42 Å². The normalized spacial score (nSPS) is 23.7. The van der Waals surface area contributed by atoms with Crippen molar-refractivity contribution in [2.24, 2.45) is 17.6 Å². The molecule has 1 amide bonds. The minimum absolute atomic E-state index is 0.0946. The second-order valence-electron chi connectivity index (χ2n) is 5.73. The molecule has 0 spiro atoms. The first-order valence-corrected chi connectivity index (χ1v) is 7.01. The molecule has 2 rings (SSSR count). The second kappa shape index (κ2) is 5.37. The van der Waals surface area contributed by atoms with Gasteiger partial charge in [0.1, 0.15) is 11.5 Å². The Hall–Kier alpha value is -1.29. The predicted molar refractivity (Wildman–Crippen MR) is 75.1 cm³/mol. The van der Waals surface area contributed by atoms with Crippen molar-refractivity contribution >= 4 is 5.91 Å². The van der Waals surface area contributed by atoms with E-state index in [1.54, 1.807) is 0 Å². The van der Waals surface area contributed by atoms with Gasteiger partial charge in [-0.2, -0.15) is 0 Å². The third-order valence-electron chi connectivity index (χ3n) is 4.48. The van der Waals surface area contributed by atoms with Crippen molar-refractivity contribution in [1.29, 1.82) is 0 Å². The minimum Gasteiger partial charge on any atom is -0.466 e. The van der Waals surface area contributed by atoms with E-state index < -0.39 is 0 Å². The fourth-order valence-corrected chi connectivity index (χ4v) is 2.91. The minimum atomic E-state index is 0.0946. The van der Waals surface area contributed by atoms with E-state index in [1.807, 2.05) is 25.7 Å². The molecule has 0 radical (unpaired) electrons. The second-order valence-corrected chi connectivity index (χ2v) is 5.73. The number of nitrogens with two attached hydrogens (primary N) is 1. The van der Waals surface area contributed by atoms with Gasteiger partial charge in [0.15, 0.2) is 0 Å². The fraction of sp³-hybridized carbons (Fsp3) is 0.667. The standard InChI is InChI=1S/C15H24N2O2/c1-9-5-6-17(8-13(9)7-16)15(18)14-10(2)11(3)19-12(14)4/h9,13H,5-8,16H2,1-4H3. The van der Waals surface area contributed by atoms with Crippen LogP contribution < -0.4 is 5.73 Å². The number of aryl methyl sites for hydroxylation is 2. The largest absolute Gasteiger partial charge is 0.466 e. The zero-order chi connectivity index (χ0) is 14.2. The van der Waals surface area contributed by atoms with E-state index in [0.29, 0.717) is 18.4 Å². The van der Waals surface area contributed by atoms with E-state index in [1.165, 1.54) is 0 Å². The molecule has 2 N–H and O–H groups in total. The van der Waals surface area contributed by atoms with Gasteiger partial charge >= 0.3 is 0 Å². The maximum atomic E-state index is 12.6. The first kappa shape index (κ1) is 14.1. The lowest BCUT2D eigenvalue weighted by atomic mass is 9.87. The van der Waals surface area contributed by atoms with Crippen molar-refractivity contribution in [1.82, 2.24) is 4.90 Å². The molecule has 0 bridgehead atoms. The molecule has 2 unspecified atom stereocenters. The van der Waals surface area contributed by atoms with Gasteiger partial charge in [-0.25, -0.2) is 0 Å². The maximum Gasteiger partial charge on any atom is 0.257 e. The van der Waals surface area contributed by atoms with Crippen molar-refractivity contribution in [3.8, 4) is 0 Å². The van der Waals surface area contributed by atoms with Gasteiger partial charge in [0.25, 0.3) is 5.91 Å². The van der Waals surface area contributed by atoms with E-state index in [-0.39, 0.29) is 5.91 Å². The van der Waals surface area contributed by atoms with Crippen LogP contribution >= 0.6 is 0 Å². The van der Waals surface area contributed by atoms with Gasteiger partial charge in [-0.05, 0) is 45.6 Å². The van der Waals surface area contributed by atoms with Gasteiger partial charge in [-0.15, -0.1) is 0 Å². The van der Waals surface area contributed by atoms with Gasteiger partial charge in [-0.3, -0.25) is 4.79 Å². The summed E-state index contributed by atoms with van der Waals surface area (Å²) in [5.74, 6) is 2.66. The molecule has 4 nitrogen and oxygen atoms in total. The lowest BCUT2D eigenvalue weighted by molar-refractivity contribution is 0.0616. The summed E-state index contributed by atoms with van der Waals surface area (Å²) in [6.07, 6.45) is 1.03. The number of rotatable bonds is 2. The highest BCUT2D eigenvalue weighted by molar-refractivity contribution is 5.97. The molecule has 0 aliphatic carbocycles. The number of furan rings is 1. The molecule has 2 heterocycles. The van der Waals surface area contributed by atoms with E-state index >= 15 is 0 Å². The Morgan fingerprint density at radius 1 is 1.37 bits per heavy atom. The van der Waals surface area contributed by atoms with Gasteiger partial charge in [0.2, 0.25) is 0 Å². The molecular formula is C15H24N2O2. The molecule has 1 aliphatic rings. The van der Waals surface area contributed by atoms with Crippen LogP contribution in [0.2, 0.25) is 0 Å². The number of likely N-dealkylation sites (tertiary alicyclic amines) is 1. The third kappa shape index (κ3) is 2.54. The number of nitrogens with zero attached hydrogens (tertiary/aromatic N) is 1. The van der Waals surface area contributed by atoms with Crippen molar-refractivity contribution in [2.75, 3.05) is 19.6 Å². The summed E-state index contributed by atoms with van der Waals surface area (Å²) in [5, 5.41) is 0. The van der Waals surface area contributed by atoms with E-state index in [2.05, 4.69) is 6.92 Å². The van der Waals surface area contributed by atoms with Crippen LogP contribution in [-0.4, -0.2) is 30.4 Å². The van der Waals surface area contributed by atoms with Gasteiger partial charge in [-0.1, -0.05) is 6.92 Å². The van der Waals surface area contributed by atoms with Crippen LogP contribution in [-0.2, 0) is 0 Å². The number of piperidine rings is 1. The smallest absolute Gasteiger partial charge is 0.257 e.